The van der Waals surface area contributed by atoms with Crippen molar-refractivity contribution in [3.8, 4) is 0 Å². The molecule has 0 aliphatic carbocycles. The topological polar surface area (TPSA) is 72.2 Å². The van der Waals surface area contributed by atoms with Crippen molar-refractivity contribution in [3.63, 3.8) is 0 Å². The Morgan fingerprint density at radius 3 is 2.61 bits per heavy atom. The summed E-state index contributed by atoms with van der Waals surface area (Å²) in [5.41, 5.74) is 6.79. The fourth-order valence-corrected chi connectivity index (χ4v) is 3.73. The van der Waals surface area contributed by atoms with Gasteiger partial charge in [0, 0.05) is 22.5 Å². The summed E-state index contributed by atoms with van der Waals surface area (Å²) < 4.78 is 26.8. The second-order valence-electron chi connectivity index (χ2n) is 4.10. The highest BCUT2D eigenvalue weighted by Gasteiger charge is 2.19. The van der Waals surface area contributed by atoms with Gasteiger partial charge < -0.3 is 5.73 Å². The number of hydrogen-bond acceptors (Lipinski definition) is 4. The molecule has 0 aliphatic heterocycles. The lowest BCUT2D eigenvalue weighted by Gasteiger charge is -2.14. The van der Waals surface area contributed by atoms with Gasteiger partial charge in [-0.2, -0.15) is 11.8 Å². The van der Waals surface area contributed by atoms with E-state index >= 15 is 0 Å². The number of anilines is 1. The zero-order chi connectivity index (χ0) is 13.9. The molecule has 3 N–H and O–H groups in total. The molecule has 7 heteroatoms. The van der Waals surface area contributed by atoms with Crippen LogP contribution in [0.5, 0.6) is 0 Å². The number of nitrogens with two attached hydrogens (primary N) is 1. The monoisotopic (exact) mass is 308 g/mol. The molecule has 0 aliphatic rings. The summed E-state index contributed by atoms with van der Waals surface area (Å²) in [5.74, 6) is 0.703. The van der Waals surface area contributed by atoms with Gasteiger partial charge in [-0.15, -0.1) is 0 Å². The molecule has 1 aromatic rings. The van der Waals surface area contributed by atoms with Gasteiger partial charge in [0.15, 0.2) is 0 Å². The lowest BCUT2D eigenvalue weighted by Crippen LogP contribution is -2.34. The van der Waals surface area contributed by atoms with Gasteiger partial charge >= 0.3 is 0 Å². The van der Waals surface area contributed by atoms with Crippen LogP contribution in [0.25, 0.3) is 0 Å². The van der Waals surface area contributed by atoms with Crippen LogP contribution in [0.1, 0.15) is 12.5 Å². The van der Waals surface area contributed by atoms with E-state index in [1.807, 2.05) is 13.2 Å². The Kier molecular flexibility index (Phi) is 5.33. The summed E-state index contributed by atoms with van der Waals surface area (Å²) in [6.45, 7) is 3.56. The average molecular weight is 309 g/mol. The van der Waals surface area contributed by atoms with E-state index in [0.717, 1.165) is 0 Å². The lowest BCUT2D eigenvalue weighted by atomic mass is 10.2. The molecule has 0 saturated heterocycles. The summed E-state index contributed by atoms with van der Waals surface area (Å²) in [4.78, 5) is 0.101. The molecule has 0 fully saturated rings. The maximum absolute atomic E-state index is 12.1. The molecule has 1 atom stereocenters. The van der Waals surface area contributed by atoms with Crippen molar-refractivity contribution in [2.45, 2.75) is 24.8 Å². The first kappa shape index (κ1) is 15.6. The number of benzene rings is 1. The van der Waals surface area contributed by atoms with Crippen molar-refractivity contribution in [1.29, 1.82) is 0 Å². The van der Waals surface area contributed by atoms with Crippen molar-refractivity contribution in [2.75, 3.05) is 17.7 Å². The second kappa shape index (κ2) is 6.14. The van der Waals surface area contributed by atoms with Gasteiger partial charge in [-0.3, -0.25) is 0 Å². The summed E-state index contributed by atoms with van der Waals surface area (Å²) >= 11 is 7.52. The van der Waals surface area contributed by atoms with Gasteiger partial charge in [0.2, 0.25) is 10.0 Å². The van der Waals surface area contributed by atoms with Gasteiger partial charge in [0.1, 0.15) is 0 Å². The van der Waals surface area contributed by atoms with Crippen molar-refractivity contribution in [1.82, 2.24) is 4.72 Å². The number of nitrogens with one attached hydrogen (secondary N) is 1. The molecule has 0 saturated carbocycles. The third-order valence-electron chi connectivity index (χ3n) is 2.44. The molecule has 0 aromatic heterocycles. The Morgan fingerprint density at radius 1 is 1.50 bits per heavy atom. The Balaban J connectivity index is 3.06. The summed E-state index contributed by atoms with van der Waals surface area (Å²) in [6.07, 6.45) is 1.92. The van der Waals surface area contributed by atoms with E-state index in [-0.39, 0.29) is 10.9 Å². The minimum absolute atomic E-state index is 0.101. The third kappa shape index (κ3) is 3.78. The molecule has 0 bridgehead atoms. The molecule has 0 spiro atoms. The van der Waals surface area contributed by atoms with E-state index in [4.69, 9.17) is 17.3 Å². The number of hydrogen-bond donors (Lipinski definition) is 2. The fourth-order valence-electron chi connectivity index (χ4n) is 1.45. The van der Waals surface area contributed by atoms with Gasteiger partial charge in [0.25, 0.3) is 0 Å². The Morgan fingerprint density at radius 2 is 2.11 bits per heavy atom. The maximum Gasteiger partial charge on any atom is 0.240 e. The van der Waals surface area contributed by atoms with Gasteiger partial charge in [-0.25, -0.2) is 13.1 Å². The highest BCUT2D eigenvalue weighted by Crippen LogP contribution is 2.26. The molecular weight excluding hydrogens is 292 g/mol. The number of rotatable bonds is 5. The third-order valence-corrected chi connectivity index (χ3v) is 5.24. The Hall–Kier alpha value is -0.430. The van der Waals surface area contributed by atoms with Crippen molar-refractivity contribution in [2.24, 2.45) is 0 Å². The van der Waals surface area contributed by atoms with Gasteiger partial charge in [-0.05, 0) is 37.8 Å². The van der Waals surface area contributed by atoms with E-state index in [1.165, 1.54) is 12.1 Å². The predicted octanol–water partition coefficient (Wildman–Crippen LogP) is 2.26. The Bertz CT molecular complexity index is 509. The fraction of sp³-hybridized carbons (Fsp3) is 0.455. The molecular formula is C11H17ClN2O2S2. The lowest BCUT2D eigenvalue weighted by molar-refractivity contribution is 0.571. The standard InChI is InChI=1S/C11H17ClN2O2S2/c1-7(6-17-3)14-18(15,16)9-4-10(12)8(2)11(13)5-9/h4-5,7,14H,6,13H2,1-3H3. The van der Waals surface area contributed by atoms with E-state index in [0.29, 0.717) is 22.0 Å². The molecule has 1 unspecified atom stereocenters. The predicted molar refractivity (Wildman–Crippen MR) is 78.8 cm³/mol. The summed E-state index contributed by atoms with van der Waals surface area (Å²) in [7, 11) is -3.57. The molecule has 1 rings (SSSR count). The van der Waals surface area contributed by atoms with Crippen LogP contribution in [0.15, 0.2) is 17.0 Å². The number of sulfonamides is 1. The van der Waals surface area contributed by atoms with E-state index in [9.17, 15) is 8.42 Å². The molecule has 18 heavy (non-hydrogen) atoms. The van der Waals surface area contributed by atoms with Crippen LogP contribution < -0.4 is 10.5 Å². The van der Waals surface area contributed by atoms with Gasteiger partial charge in [0.05, 0.1) is 4.90 Å². The highest BCUT2D eigenvalue weighted by atomic mass is 35.5. The minimum Gasteiger partial charge on any atom is -0.398 e. The van der Waals surface area contributed by atoms with E-state index in [2.05, 4.69) is 4.72 Å². The van der Waals surface area contributed by atoms with Crippen LogP contribution in [0.3, 0.4) is 0 Å². The van der Waals surface area contributed by atoms with Crippen LogP contribution in [-0.2, 0) is 10.0 Å². The summed E-state index contributed by atoms with van der Waals surface area (Å²) in [5, 5.41) is 0.355. The molecule has 1 aromatic carbocycles. The smallest absolute Gasteiger partial charge is 0.240 e. The van der Waals surface area contributed by atoms with Crippen LogP contribution in [0.4, 0.5) is 5.69 Å². The first-order chi connectivity index (χ1) is 8.27. The molecule has 102 valence electrons. The number of thioether (sulfide) groups is 1. The molecule has 0 radical (unpaired) electrons. The molecule has 0 amide bonds. The van der Waals surface area contributed by atoms with Crippen LogP contribution in [0.2, 0.25) is 5.02 Å². The summed E-state index contributed by atoms with van der Waals surface area (Å²) in [6, 6.07) is 2.70. The van der Waals surface area contributed by atoms with Crippen molar-refractivity contribution >= 4 is 39.1 Å². The zero-order valence-corrected chi connectivity index (χ0v) is 12.9. The van der Waals surface area contributed by atoms with Crippen LogP contribution in [-0.4, -0.2) is 26.5 Å². The molecule has 4 nitrogen and oxygen atoms in total. The number of nitrogen functional groups attached to an aromatic ring is 1. The first-order valence-electron chi connectivity index (χ1n) is 5.35. The second-order valence-corrected chi connectivity index (χ2v) is 7.13. The first-order valence-corrected chi connectivity index (χ1v) is 8.60. The number of halogens is 1. The zero-order valence-electron chi connectivity index (χ0n) is 10.5. The highest BCUT2D eigenvalue weighted by molar-refractivity contribution is 7.98. The average Bonchev–Trinajstić information content (AvgIpc) is 2.24. The van der Waals surface area contributed by atoms with Gasteiger partial charge in [-0.1, -0.05) is 11.6 Å². The maximum atomic E-state index is 12.1. The van der Waals surface area contributed by atoms with E-state index < -0.39 is 10.0 Å². The molecule has 0 heterocycles. The van der Waals surface area contributed by atoms with Crippen molar-refractivity contribution < 1.29 is 8.42 Å². The van der Waals surface area contributed by atoms with Crippen LogP contribution in [0, 0.1) is 6.92 Å². The van der Waals surface area contributed by atoms with Crippen LogP contribution >= 0.6 is 23.4 Å². The Labute approximate surface area is 117 Å². The quantitative estimate of drug-likeness (QED) is 0.818. The van der Waals surface area contributed by atoms with Crippen molar-refractivity contribution in [3.05, 3.63) is 22.7 Å². The van der Waals surface area contributed by atoms with E-state index in [1.54, 1.807) is 18.7 Å². The SMILES string of the molecule is CSCC(C)NS(=O)(=O)c1cc(N)c(C)c(Cl)c1. The normalized spacial score (nSPS) is 13.6. The minimum atomic E-state index is -3.57. The largest absolute Gasteiger partial charge is 0.398 e.